The molecule has 0 aliphatic carbocycles. The summed E-state index contributed by atoms with van der Waals surface area (Å²) in [5.74, 6) is -7.28. The van der Waals surface area contributed by atoms with E-state index in [2.05, 4.69) is 31.6 Å². The normalized spacial score (nSPS) is 15.0. The second-order valence-electron chi connectivity index (χ2n) is 13.6. The Kier molecular flexibility index (Phi) is 18.6. The third-order valence-corrected chi connectivity index (χ3v) is 9.08. The van der Waals surface area contributed by atoms with Crippen LogP contribution in [0.4, 0.5) is 0 Å². The number of primary amides is 2. The number of nitrogens with one attached hydrogen (secondary N) is 6. The van der Waals surface area contributed by atoms with Crippen LogP contribution in [0.1, 0.15) is 58.4 Å². The number of aromatic nitrogens is 1. The molecule has 1 aromatic carbocycles. The van der Waals surface area contributed by atoms with Gasteiger partial charge < -0.3 is 59.0 Å². The molecule has 0 spiro atoms. The first-order valence-electron chi connectivity index (χ1n) is 17.6. The van der Waals surface area contributed by atoms with Crippen molar-refractivity contribution >= 4 is 70.0 Å². The zero-order valence-corrected chi connectivity index (χ0v) is 32.1. The van der Waals surface area contributed by atoms with Gasteiger partial charge in [-0.05, 0) is 55.7 Å². The lowest BCUT2D eigenvalue weighted by molar-refractivity contribution is -0.145. The van der Waals surface area contributed by atoms with Gasteiger partial charge in [-0.3, -0.25) is 33.6 Å². The van der Waals surface area contributed by atoms with Gasteiger partial charge in [0.2, 0.25) is 41.4 Å². The second kappa shape index (κ2) is 22.2. The van der Waals surface area contributed by atoms with Crippen LogP contribution in [0.3, 0.4) is 0 Å². The fraction of sp³-hybridized carbons (Fsp3) is 0.543. The fourth-order valence-corrected chi connectivity index (χ4v) is 5.99. The van der Waals surface area contributed by atoms with Crippen molar-refractivity contribution in [2.24, 2.45) is 23.1 Å². The van der Waals surface area contributed by atoms with Crippen molar-refractivity contribution in [2.45, 2.75) is 102 Å². The number of H-pyrrole nitrogens is 1. The van der Waals surface area contributed by atoms with Crippen molar-refractivity contribution in [3.05, 3.63) is 36.0 Å². The third-order valence-electron chi connectivity index (χ3n) is 8.44. The second-order valence-corrected chi connectivity index (χ2v) is 14.6. The summed E-state index contributed by atoms with van der Waals surface area (Å²) in [6, 6.07) is -1.05. The van der Waals surface area contributed by atoms with E-state index < -0.39 is 96.1 Å². The van der Waals surface area contributed by atoms with Gasteiger partial charge >= 0.3 is 5.97 Å². The van der Waals surface area contributed by atoms with Gasteiger partial charge in [-0.25, -0.2) is 4.79 Å². The minimum Gasteiger partial charge on any atom is -0.480 e. The molecule has 2 rings (SSSR count). The van der Waals surface area contributed by atoms with E-state index in [-0.39, 0.29) is 38.0 Å². The Morgan fingerprint density at radius 2 is 1.33 bits per heavy atom. The lowest BCUT2D eigenvalue weighted by Crippen LogP contribution is -2.60. The monoisotopic (exact) mass is 791 g/mol. The summed E-state index contributed by atoms with van der Waals surface area (Å²) >= 11 is 1.35. The van der Waals surface area contributed by atoms with E-state index >= 15 is 0 Å². The minimum absolute atomic E-state index is 0.0139. The Morgan fingerprint density at radius 3 is 1.91 bits per heavy atom. The molecule has 0 aliphatic rings. The summed E-state index contributed by atoms with van der Waals surface area (Å²) in [7, 11) is 0. The molecule has 1 heterocycles. The van der Waals surface area contributed by atoms with Gasteiger partial charge in [0.25, 0.3) is 0 Å². The van der Waals surface area contributed by atoms with Crippen LogP contribution in [0.2, 0.25) is 0 Å². The zero-order chi connectivity index (χ0) is 41.4. The van der Waals surface area contributed by atoms with Crippen molar-refractivity contribution in [2.75, 3.05) is 12.0 Å². The molecule has 0 unspecified atom stereocenters. The maximum absolute atomic E-state index is 14.0. The van der Waals surface area contributed by atoms with Crippen LogP contribution in [0.5, 0.6) is 0 Å². The van der Waals surface area contributed by atoms with E-state index in [0.29, 0.717) is 11.3 Å². The molecule has 0 saturated heterocycles. The summed E-state index contributed by atoms with van der Waals surface area (Å²) in [4.78, 5) is 105. The van der Waals surface area contributed by atoms with Crippen molar-refractivity contribution in [1.29, 1.82) is 0 Å². The van der Waals surface area contributed by atoms with Crippen molar-refractivity contribution < 1.29 is 48.6 Å². The van der Waals surface area contributed by atoms with Crippen LogP contribution in [-0.2, 0) is 44.8 Å². The number of amides is 7. The predicted octanol–water partition coefficient (Wildman–Crippen LogP) is -2.13. The number of carboxylic acids is 1. The third kappa shape index (κ3) is 15.2. The van der Waals surface area contributed by atoms with Crippen molar-refractivity contribution in [1.82, 2.24) is 31.6 Å². The molecule has 7 atom stereocenters. The number of aliphatic hydroxyl groups excluding tert-OH is 1. The number of hydrogen-bond acceptors (Lipinski definition) is 11. The lowest BCUT2D eigenvalue weighted by atomic mass is 10.00. The molecule has 7 amide bonds. The Balaban J connectivity index is 2.36. The van der Waals surface area contributed by atoms with E-state index in [1.54, 1.807) is 26.3 Å². The van der Waals surface area contributed by atoms with Crippen LogP contribution >= 0.6 is 11.8 Å². The van der Waals surface area contributed by atoms with E-state index in [0.717, 1.165) is 17.8 Å². The average Bonchev–Trinajstić information content (AvgIpc) is 3.51. The number of carboxylic acid groups (broad SMARTS) is 1. The Labute approximate surface area is 322 Å². The first-order chi connectivity index (χ1) is 25.8. The molecule has 304 valence electrons. The number of fused-ring (bicyclic) bond motifs is 1. The van der Waals surface area contributed by atoms with Gasteiger partial charge in [-0.15, -0.1) is 0 Å². The number of thioether (sulfide) groups is 1. The van der Waals surface area contributed by atoms with Crippen molar-refractivity contribution in [3.8, 4) is 0 Å². The molecular formula is C35H53N9O10S. The summed E-state index contributed by atoms with van der Waals surface area (Å²) in [5.41, 5.74) is 18.0. The number of hydrogen-bond donors (Lipinski definition) is 11. The Bertz CT molecular complexity index is 1680. The maximum atomic E-state index is 14.0. The Morgan fingerprint density at radius 1 is 0.764 bits per heavy atom. The highest BCUT2D eigenvalue weighted by atomic mass is 32.2. The number of aromatic amines is 1. The number of carbonyl (C=O) groups excluding carboxylic acids is 7. The van der Waals surface area contributed by atoms with Crippen LogP contribution in [0.25, 0.3) is 10.9 Å². The molecule has 14 N–H and O–H groups in total. The number of para-hydroxylation sites is 1. The number of benzene rings is 1. The molecule has 20 heteroatoms. The van der Waals surface area contributed by atoms with E-state index in [1.165, 1.54) is 11.8 Å². The lowest BCUT2D eigenvalue weighted by Gasteiger charge is -2.28. The van der Waals surface area contributed by atoms with Crippen LogP contribution in [-0.4, -0.2) is 117 Å². The van der Waals surface area contributed by atoms with Gasteiger partial charge in [0.05, 0.1) is 18.6 Å². The van der Waals surface area contributed by atoms with E-state index in [4.69, 9.17) is 17.2 Å². The van der Waals surface area contributed by atoms with Gasteiger partial charge in [-0.1, -0.05) is 32.0 Å². The first-order valence-corrected chi connectivity index (χ1v) is 19.0. The SMILES string of the molecule is CSCC[C@H](NC(=O)[C@H](CC(C)C)NC(=O)[C@H](Cc1c[nH]c2ccccc12)NC(=O)[C@@H](N)CCC(N)=O)C(=O)N[C@@H](CC(N)=O)C(=O)N[C@H](C(=O)O)[C@@H](C)O. The topological polar surface area (TPSA) is 331 Å². The molecule has 55 heavy (non-hydrogen) atoms. The summed E-state index contributed by atoms with van der Waals surface area (Å²) in [6.07, 6.45) is 1.10. The van der Waals surface area contributed by atoms with Crippen LogP contribution in [0, 0.1) is 5.92 Å². The van der Waals surface area contributed by atoms with Gasteiger partial charge in [0.15, 0.2) is 6.04 Å². The summed E-state index contributed by atoms with van der Waals surface area (Å²) in [5, 5.41) is 32.3. The highest BCUT2D eigenvalue weighted by Gasteiger charge is 2.34. The zero-order valence-electron chi connectivity index (χ0n) is 31.3. The van der Waals surface area contributed by atoms with E-state index in [1.807, 2.05) is 24.3 Å². The molecule has 19 nitrogen and oxygen atoms in total. The van der Waals surface area contributed by atoms with Gasteiger partial charge in [0, 0.05) is 29.9 Å². The first kappa shape index (κ1) is 45.9. The maximum Gasteiger partial charge on any atom is 0.328 e. The average molecular weight is 792 g/mol. The highest BCUT2D eigenvalue weighted by Crippen LogP contribution is 2.20. The summed E-state index contributed by atoms with van der Waals surface area (Å²) in [6.45, 7) is 4.73. The predicted molar refractivity (Wildman–Crippen MR) is 204 cm³/mol. The Hall–Kier alpha value is -5.21. The van der Waals surface area contributed by atoms with E-state index in [9.17, 15) is 48.6 Å². The number of nitrogens with two attached hydrogens (primary N) is 3. The molecule has 2 aromatic rings. The molecule has 0 saturated carbocycles. The number of aliphatic carboxylic acids is 1. The number of carbonyl (C=O) groups is 8. The molecule has 0 aliphatic heterocycles. The van der Waals surface area contributed by atoms with Crippen LogP contribution in [0.15, 0.2) is 30.5 Å². The number of aliphatic hydroxyl groups is 1. The summed E-state index contributed by atoms with van der Waals surface area (Å²) < 4.78 is 0. The minimum atomic E-state index is -1.76. The van der Waals surface area contributed by atoms with Crippen LogP contribution < -0.4 is 43.8 Å². The molecule has 1 aromatic heterocycles. The van der Waals surface area contributed by atoms with Gasteiger partial charge in [0.1, 0.15) is 24.2 Å². The molecule has 0 bridgehead atoms. The van der Waals surface area contributed by atoms with Gasteiger partial charge in [-0.2, -0.15) is 11.8 Å². The van der Waals surface area contributed by atoms with Crippen molar-refractivity contribution in [3.63, 3.8) is 0 Å². The standard InChI is InChI=1S/C35H53N9O10S/c1-17(2)13-24(32(50)40-23(11-12-55-4)31(49)43-26(15-28(38)47)34(52)44-29(18(3)45)35(53)54)42-33(51)25(41-30(48)21(36)9-10-27(37)46)14-19-16-39-22-8-6-5-7-20(19)22/h5-8,16-18,21,23-26,29,39,45H,9-15,36H2,1-4H3,(H2,37,46)(H2,38,47)(H,40,50)(H,41,48)(H,42,51)(H,43,49)(H,44,52)(H,53,54)/t18-,21+,23+,24+,25+,26+,29+/m1/s1. The highest BCUT2D eigenvalue weighted by molar-refractivity contribution is 7.98. The largest absolute Gasteiger partial charge is 0.480 e. The molecule has 0 radical (unpaired) electrons. The molecular weight excluding hydrogens is 739 g/mol. The smallest absolute Gasteiger partial charge is 0.328 e. The molecule has 0 fully saturated rings. The number of rotatable bonds is 24. The quantitative estimate of drug-likeness (QED) is 0.0543. The fourth-order valence-electron chi connectivity index (χ4n) is 5.51.